The van der Waals surface area contributed by atoms with Crippen molar-refractivity contribution in [1.82, 2.24) is 0 Å². The molecule has 74 valence electrons. The smallest absolute Gasteiger partial charge is 0.335 e. The van der Waals surface area contributed by atoms with Crippen molar-refractivity contribution in [2.24, 2.45) is 5.73 Å². The second kappa shape index (κ2) is 3.49. The van der Waals surface area contributed by atoms with Gasteiger partial charge in [-0.05, 0) is 37.1 Å². The first-order chi connectivity index (χ1) is 6.45. The Kier molecular flexibility index (Phi) is 2.56. The van der Waals surface area contributed by atoms with Crippen LogP contribution in [0.2, 0.25) is 0 Å². The number of carbonyl (C=O) groups excluding carboxylic acids is 1. The van der Waals surface area contributed by atoms with E-state index in [0.717, 1.165) is 0 Å². The third-order valence-electron chi connectivity index (χ3n) is 2.28. The van der Waals surface area contributed by atoms with E-state index in [-0.39, 0.29) is 5.56 Å². The number of amides is 1. The molecule has 0 heterocycles. The van der Waals surface area contributed by atoms with Gasteiger partial charge in [0.05, 0.1) is 5.56 Å². The highest BCUT2D eigenvalue weighted by molar-refractivity contribution is 5.97. The second-order valence-electron chi connectivity index (χ2n) is 3.08. The summed E-state index contributed by atoms with van der Waals surface area (Å²) in [7, 11) is 0. The highest BCUT2D eigenvalue weighted by Crippen LogP contribution is 2.17. The molecule has 0 aliphatic rings. The van der Waals surface area contributed by atoms with E-state index < -0.39 is 11.9 Å². The Hall–Kier alpha value is -1.84. The van der Waals surface area contributed by atoms with Crippen LogP contribution in [0.1, 0.15) is 31.8 Å². The third-order valence-corrected chi connectivity index (χ3v) is 2.28. The van der Waals surface area contributed by atoms with Gasteiger partial charge in [0.1, 0.15) is 0 Å². The average molecular weight is 193 g/mol. The number of primary amides is 1. The zero-order valence-corrected chi connectivity index (χ0v) is 8.00. The van der Waals surface area contributed by atoms with Gasteiger partial charge in [-0.3, -0.25) is 4.79 Å². The van der Waals surface area contributed by atoms with Crippen LogP contribution in [0.4, 0.5) is 0 Å². The molecule has 1 rings (SSSR count). The van der Waals surface area contributed by atoms with Crippen LogP contribution in [0, 0.1) is 13.8 Å². The maximum absolute atomic E-state index is 10.9. The third kappa shape index (κ3) is 1.59. The Morgan fingerprint density at radius 2 is 1.57 bits per heavy atom. The first-order valence-electron chi connectivity index (χ1n) is 4.08. The van der Waals surface area contributed by atoms with Crippen molar-refractivity contribution in [2.75, 3.05) is 0 Å². The molecule has 0 aliphatic heterocycles. The standard InChI is InChI=1S/C10H11NO3/c1-5-6(2)8(10(13)14)4-3-7(5)9(11)12/h3-4H,1-2H3,(H2,11,12)(H,13,14). The Balaban J connectivity index is 3.41. The van der Waals surface area contributed by atoms with Crippen molar-refractivity contribution >= 4 is 11.9 Å². The number of carbonyl (C=O) groups is 2. The highest BCUT2D eigenvalue weighted by atomic mass is 16.4. The first kappa shape index (κ1) is 10.2. The number of aromatic carboxylic acids is 1. The molecule has 3 N–H and O–H groups in total. The van der Waals surface area contributed by atoms with Gasteiger partial charge in [-0.15, -0.1) is 0 Å². The van der Waals surface area contributed by atoms with E-state index in [0.29, 0.717) is 16.7 Å². The van der Waals surface area contributed by atoms with Crippen molar-refractivity contribution in [3.8, 4) is 0 Å². The molecule has 0 saturated carbocycles. The van der Waals surface area contributed by atoms with Gasteiger partial charge in [-0.1, -0.05) is 0 Å². The van der Waals surface area contributed by atoms with E-state index in [1.165, 1.54) is 12.1 Å². The predicted octanol–water partition coefficient (Wildman–Crippen LogP) is 1.10. The number of carboxylic acids is 1. The largest absolute Gasteiger partial charge is 0.478 e. The van der Waals surface area contributed by atoms with Gasteiger partial charge in [-0.25, -0.2) is 4.79 Å². The summed E-state index contributed by atoms with van der Waals surface area (Å²) in [6.45, 7) is 3.34. The lowest BCUT2D eigenvalue weighted by molar-refractivity contribution is 0.0695. The fourth-order valence-electron chi connectivity index (χ4n) is 1.32. The maximum atomic E-state index is 10.9. The molecule has 4 heteroatoms. The number of hydrogen-bond acceptors (Lipinski definition) is 2. The molecular weight excluding hydrogens is 182 g/mol. The van der Waals surface area contributed by atoms with Gasteiger partial charge in [-0.2, -0.15) is 0 Å². The maximum Gasteiger partial charge on any atom is 0.335 e. The molecule has 0 aliphatic carbocycles. The Morgan fingerprint density at radius 3 is 2.00 bits per heavy atom. The highest BCUT2D eigenvalue weighted by Gasteiger charge is 2.13. The van der Waals surface area contributed by atoms with Crippen LogP contribution in [-0.2, 0) is 0 Å². The molecule has 0 aromatic heterocycles. The van der Waals surface area contributed by atoms with Crippen LogP contribution < -0.4 is 5.73 Å². The van der Waals surface area contributed by atoms with E-state index in [9.17, 15) is 9.59 Å². The fraction of sp³-hybridized carbons (Fsp3) is 0.200. The minimum Gasteiger partial charge on any atom is -0.478 e. The summed E-state index contributed by atoms with van der Waals surface area (Å²) in [5.41, 5.74) is 6.89. The second-order valence-corrected chi connectivity index (χ2v) is 3.08. The minimum atomic E-state index is -0.998. The molecule has 0 fully saturated rings. The molecule has 0 bridgehead atoms. The molecule has 1 amide bonds. The average Bonchev–Trinajstić information content (AvgIpc) is 2.08. The summed E-state index contributed by atoms with van der Waals surface area (Å²) in [6, 6.07) is 2.83. The van der Waals surface area contributed by atoms with E-state index in [4.69, 9.17) is 10.8 Å². The molecule has 1 aromatic rings. The zero-order valence-electron chi connectivity index (χ0n) is 8.00. The van der Waals surface area contributed by atoms with E-state index in [2.05, 4.69) is 0 Å². The van der Waals surface area contributed by atoms with Crippen LogP contribution >= 0.6 is 0 Å². The first-order valence-corrected chi connectivity index (χ1v) is 4.08. The van der Waals surface area contributed by atoms with E-state index in [1.54, 1.807) is 13.8 Å². The lowest BCUT2D eigenvalue weighted by atomic mass is 9.98. The topological polar surface area (TPSA) is 80.4 Å². The zero-order chi connectivity index (χ0) is 10.9. The monoisotopic (exact) mass is 193 g/mol. The van der Waals surface area contributed by atoms with Crippen LogP contribution in [0.15, 0.2) is 12.1 Å². The van der Waals surface area contributed by atoms with Crippen LogP contribution in [-0.4, -0.2) is 17.0 Å². The number of benzene rings is 1. The van der Waals surface area contributed by atoms with Crippen molar-refractivity contribution < 1.29 is 14.7 Å². The molecule has 14 heavy (non-hydrogen) atoms. The quantitative estimate of drug-likeness (QED) is 0.738. The van der Waals surface area contributed by atoms with Gasteiger partial charge in [0.25, 0.3) is 0 Å². The fourth-order valence-corrected chi connectivity index (χ4v) is 1.32. The van der Waals surface area contributed by atoms with Crippen LogP contribution in [0.3, 0.4) is 0 Å². The summed E-state index contributed by atoms with van der Waals surface area (Å²) in [5, 5.41) is 8.80. The summed E-state index contributed by atoms with van der Waals surface area (Å²) in [6.07, 6.45) is 0. The predicted molar refractivity (Wildman–Crippen MR) is 51.4 cm³/mol. The number of carboxylic acid groups (broad SMARTS) is 1. The van der Waals surface area contributed by atoms with Gasteiger partial charge >= 0.3 is 5.97 Å². The van der Waals surface area contributed by atoms with Gasteiger partial charge in [0, 0.05) is 5.56 Å². The number of hydrogen-bond donors (Lipinski definition) is 2. The normalized spacial score (nSPS) is 9.86. The molecule has 0 unspecified atom stereocenters. The molecule has 0 spiro atoms. The van der Waals surface area contributed by atoms with Crippen molar-refractivity contribution in [3.05, 3.63) is 34.4 Å². The van der Waals surface area contributed by atoms with E-state index in [1.807, 2.05) is 0 Å². The SMILES string of the molecule is Cc1c(C(N)=O)ccc(C(=O)O)c1C. The van der Waals surface area contributed by atoms with E-state index >= 15 is 0 Å². The lowest BCUT2D eigenvalue weighted by Gasteiger charge is -2.08. The van der Waals surface area contributed by atoms with Crippen LogP contribution in [0.25, 0.3) is 0 Å². The van der Waals surface area contributed by atoms with Crippen molar-refractivity contribution in [1.29, 1.82) is 0 Å². The Bertz CT molecular complexity index is 371. The molecular formula is C10H11NO3. The minimum absolute atomic E-state index is 0.201. The summed E-state index contributed by atoms with van der Waals surface area (Å²) >= 11 is 0. The molecule has 4 nitrogen and oxygen atoms in total. The molecule has 0 saturated heterocycles. The van der Waals surface area contributed by atoms with Crippen LogP contribution in [0.5, 0.6) is 0 Å². The van der Waals surface area contributed by atoms with Crippen molar-refractivity contribution in [3.63, 3.8) is 0 Å². The van der Waals surface area contributed by atoms with Gasteiger partial charge in [0.15, 0.2) is 0 Å². The number of rotatable bonds is 2. The van der Waals surface area contributed by atoms with Gasteiger partial charge in [0.2, 0.25) is 5.91 Å². The molecule has 0 atom stereocenters. The number of nitrogens with two attached hydrogens (primary N) is 1. The Morgan fingerprint density at radius 1 is 1.14 bits per heavy atom. The van der Waals surface area contributed by atoms with Gasteiger partial charge < -0.3 is 10.8 Å². The molecule has 0 radical (unpaired) electrons. The summed E-state index contributed by atoms with van der Waals surface area (Å²) in [5.74, 6) is -1.54. The van der Waals surface area contributed by atoms with Crippen molar-refractivity contribution in [2.45, 2.75) is 13.8 Å². The summed E-state index contributed by atoms with van der Waals surface area (Å²) < 4.78 is 0. The molecule has 1 aromatic carbocycles. The summed E-state index contributed by atoms with van der Waals surface area (Å²) in [4.78, 5) is 21.7. The lowest BCUT2D eigenvalue weighted by Crippen LogP contribution is -2.14. The Labute approximate surface area is 81.3 Å².